The van der Waals surface area contributed by atoms with Gasteiger partial charge in [-0.15, -0.1) is 0 Å². The Hall–Kier alpha value is -1.79. The molecule has 2 rings (SSSR count). The van der Waals surface area contributed by atoms with Crippen molar-refractivity contribution >= 4 is 11.8 Å². The van der Waals surface area contributed by atoms with Gasteiger partial charge in [0.25, 0.3) is 0 Å². The van der Waals surface area contributed by atoms with Crippen molar-refractivity contribution in [3.05, 3.63) is 23.8 Å². The van der Waals surface area contributed by atoms with E-state index in [1.165, 1.54) is 0 Å². The first kappa shape index (κ1) is 15.6. The second-order valence-corrected chi connectivity index (χ2v) is 5.97. The van der Waals surface area contributed by atoms with Crippen LogP contribution >= 0.6 is 0 Å². The molecule has 0 aliphatic carbocycles. The lowest BCUT2D eigenvalue weighted by Crippen LogP contribution is -2.33. The monoisotopic (exact) mass is 294 g/mol. The van der Waals surface area contributed by atoms with Crippen LogP contribution in [0.25, 0.3) is 0 Å². The summed E-state index contributed by atoms with van der Waals surface area (Å²) in [6.07, 6.45) is -0.684. The largest absolute Gasteiger partial charge is 0.506 e. The van der Waals surface area contributed by atoms with E-state index in [1.807, 2.05) is 0 Å². The SMILES string of the molecule is CC(C)(C)OC(=O)Nc1cc(C2CNCCO2)ccc1O. The second kappa shape index (κ2) is 6.32. The number of carbonyl (C=O) groups is 1. The molecule has 1 aromatic rings. The van der Waals surface area contributed by atoms with E-state index in [2.05, 4.69) is 10.6 Å². The van der Waals surface area contributed by atoms with Gasteiger partial charge in [0.2, 0.25) is 0 Å². The first-order valence-electron chi connectivity index (χ1n) is 7.00. The molecule has 21 heavy (non-hydrogen) atoms. The highest BCUT2D eigenvalue weighted by molar-refractivity contribution is 5.87. The van der Waals surface area contributed by atoms with Crippen molar-refractivity contribution < 1.29 is 19.4 Å². The molecular formula is C15H22N2O4. The van der Waals surface area contributed by atoms with Gasteiger partial charge in [-0.25, -0.2) is 4.79 Å². The molecule has 1 atom stereocenters. The third-order valence-electron chi connectivity index (χ3n) is 2.96. The summed E-state index contributed by atoms with van der Waals surface area (Å²) in [5.41, 5.74) is 0.621. The fourth-order valence-corrected chi connectivity index (χ4v) is 2.05. The molecule has 6 nitrogen and oxygen atoms in total. The van der Waals surface area contributed by atoms with E-state index in [-0.39, 0.29) is 11.9 Å². The van der Waals surface area contributed by atoms with E-state index in [4.69, 9.17) is 9.47 Å². The number of rotatable bonds is 2. The predicted octanol–water partition coefficient (Wildman–Crippen LogP) is 2.40. The van der Waals surface area contributed by atoms with Crippen molar-refractivity contribution in [2.45, 2.75) is 32.5 Å². The predicted molar refractivity (Wildman–Crippen MR) is 79.5 cm³/mol. The Morgan fingerprint density at radius 2 is 2.24 bits per heavy atom. The summed E-state index contributed by atoms with van der Waals surface area (Å²) < 4.78 is 10.8. The van der Waals surface area contributed by atoms with Gasteiger partial charge in [0, 0.05) is 13.1 Å². The van der Waals surface area contributed by atoms with Crippen molar-refractivity contribution in [3.8, 4) is 5.75 Å². The number of amides is 1. The van der Waals surface area contributed by atoms with E-state index >= 15 is 0 Å². The Morgan fingerprint density at radius 3 is 2.86 bits per heavy atom. The number of ether oxygens (including phenoxy) is 2. The van der Waals surface area contributed by atoms with Gasteiger partial charge < -0.3 is 19.9 Å². The maximum Gasteiger partial charge on any atom is 0.412 e. The molecule has 0 spiro atoms. The summed E-state index contributed by atoms with van der Waals surface area (Å²) in [5, 5.41) is 15.7. The van der Waals surface area contributed by atoms with Gasteiger partial charge in [0.1, 0.15) is 11.4 Å². The highest BCUT2D eigenvalue weighted by atomic mass is 16.6. The molecule has 3 N–H and O–H groups in total. The quantitative estimate of drug-likeness (QED) is 0.730. The van der Waals surface area contributed by atoms with Crippen LogP contribution in [-0.2, 0) is 9.47 Å². The molecule has 1 saturated heterocycles. The standard InChI is InChI=1S/C15H22N2O4/c1-15(2,3)21-14(19)17-11-8-10(4-5-12(11)18)13-9-16-6-7-20-13/h4-5,8,13,16,18H,6-7,9H2,1-3H3,(H,17,19). The van der Waals surface area contributed by atoms with Crippen LogP contribution in [0.3, 0.4) is 0 Å². The molecule has 116 valence electrons. The molecule has 0 radical (unpaired) electrons. The van der Waals surface area contributed by atoms with E-state index in [0.29, 0.717) is 18.8 Å². The Bertz CT molecular complexity index is 505. The molecule has 1 unspecified atom stereocenters. The molecule has 1 heterocycles. The zero-order chi connectivity index (χ0) is 15.5. The molecule has 6 heteroatoms. The van der Waals surface area contributed by atoms with Crippen LogP contribution in [0, 0.1) is 0 Å². The summed E-state index contributed by atoms with van der Waals surface area (Å²) in [6.45, 7) is 7.52. The summed E-state index contributed by atoms with van der Waals surface area (Å²) in [4.78, 5) is 11.8. The molecule has 1 aliphatic heterocycles. The molecule has 0 bridgehead atoms. The van der Waals surface area contributed by atoms with Crippen LogP contribution in [-0.4, -0.2) is 36.5 Å². The van der Waals surface area contributed by atoms with Crippen molar-refractivity contribution in [1.29, 1.82) is 0 Å². The maximum atomic E-state index is 11.8. The third kappa shape index (κ3) is 4.61. The number of phenols is 1. The van der Waals surface area contributed by atoms with Gasteiger partial charge in [-0.3, -0.25) is 5.32 Å². The Balaban J connectivity index is 2.10. The van der Waals surface area contributed by atoms with Gasteiger partial charge in [-0.05, 0) is 38.5 Å². The van der Waals surface area contributed by atoms with E-state index < -0.39 is 11.7 Å². The highest BCUT2D eigenvalue weighted by Gasteiger charge is 2.20. The number of hydrogen-bond donors (Lipinski definition) is 3. The first-order valence-corrected chi connectivity index (χ1v) is 7.00. The zero-order valence-electron chi connectivity index (χ0n) is 12.6. The summed E-state index contributed by atoms with van der Waals surface area (Å²) in [7, 11) is 0. The number of morpholine rings is 1. The highest BCUT2D eigenvalue weighted by Crippen LogP contribution is 2.29. The van der Waals surface area contributed by atoms with Gasteiger partial charge in [0.15, 0.2) is 0 Å². The van der Waals surface area contributed by atoms with Crippen LogP contribution in [0.5, 0.6) is 5.75 Å². The number of carbonyl (C=O) groups excluding carboxylic acids is 1. The number of hydrogen-bond acceptors (Lipinski definition) is 5. The minimum Gasteiger partial charge on any atom is -0.506 e. The minimum atomic E-state index is -0.599. The summed E-state index contributed by atoms with van der Waals surface area (Å²) >= 11 is 0. The van der Waals surface area contributed by atoms with Crippen LogP contribution in [0.4, 0.5) is 10.5 Å². The Kier molecular flexibility index (Phi) is 4.69. The lowest BCUT2D eigenvalue weighted by atomic mass is 10.1. The molecule has 1 aliphatic rings. The van der Waals surface area contributed by atoms with Crippen LogP contribution in [0.15, 0.2) is 18.2 Å². The van der Waals surface area contributed by atoms with E-state index in [9.17, 15) is 9.90 Å². The Labute approximate surface area is 124 Å². The van der Waals surface area contributed by atoms with Crippen molar-refractivity contribution in [2.75, 3.05) is 25.0 Å². The normalized spacial score (nSPS) is 19.1. The molecule has 1 amide bonds. The number of nitrogens with one attached hydrogen (secondary N) is 2. The number of phenolic OH excluding ortho intramolecular Hbond substituents is 1. The van der Waals surface area contributed by atoms with Crippen LogP contribution < -0.4 is 10.6 Å². The van der Waals surface area contributed by atoms with Crippen LogP contribution in [0.2, 0.25) is 0 Å². The van der Waals surface area contributed by atoms with Crippen LogP contribution in [0.1, 0.15) is 32.4 Å². The molecule has 0 aromatic heterocycles. The third-order valence-corrected chi connectivity index (χ3v) is 2.96. The second-order valence-electron chi connectivity index (χ2n) is 5.97. The fourth-order valence-electron chi connectivity index (χ4n) is 2.05. The van der Waals surface area contributed by atoms with Gasteiger partial charge in [-0.1, -0.05) is 6.07 Å². The molecule has 0 saturated carbocycles. The maximum absolute atomic E-state index is 11.8. The van der Waals surface area contributed by atoms with E-state index in [1.54, 1.807) is 39.0 Å². The smallest absolute Gasteiger partial charge is 0.412 e. The number of anilines is 1. The molecular weight excluding hydrogens is 272 g/mol. The zero-order valence-corrected chi connectivity index (χ0v) is 12.6. The van der Waals surface area contributed by atoms with E-state index in [0.717, 1.165) is 12.1 Å². The fraction of sp³-hybridized carbons (Fsp3) is 0.533. The minimum absolute atomic E-state index is 0.00613. The van der Waals surface area contributed by atoms with Crippen molar-refractivity contribution in [3.63, 3.8) is 0 Å². The van der Waals surface area contributed by atoms with Gasteiger partial charge in [-0.2, -0.15) is 0 Å². The van der Waals surface area contributed by atoms with Crippen molar-refractivity contribution in [2.24, 2.45) is 0 Å². The average molecular weight is 294 g/mol. The van der Waals surface area contributed by atoms with Crippen molar-refractivity contribution in [1.82, 2.24) is 5.32 Å². The lowest BCUT2D eigenvalue weighted by molar-refractivity contribution is 0.0277. The molecule has 1 aromatic carbocycles. The number of benzene rings is 1. The topological polar surface area (TPSA) is 79.8 Å². The lowest BCUT2D eigenvalue weighted by Gasteiger charge is -2.25. The summed E-state index contributed by atoms with van der Waals surface area (Å²) in [6, 6.07) is 5.03. The first-order chi connectivity index (χ1) is 9.85. The number of aromatic hydroxyl groups is 1. The van der Waals surface area contributed by atoms with Gasteiger partial charge >= 0.3 is 6.09 Å². The summed E-state index contributed by atoms with van der Waals surface area (Å²) in [5.74, 6) is -0.00613. The Morgan fingerprint density at radius 1 is 1.48 bits per heavy atom. The van der Waals surface area contributed by atoms with Gasteiger partial charge in [0.05, 0.1) is 18.4 Å². The average Bonchev–Trinajstić information content (AvgIpc) is 2.40. The molecule has 1 fully saturated rings.